The summed E-state index contributed by atoms with van der Waals surface area (Å²) < 4.78 is 0. The predicted octanol–water partition coefficient (Wildman–Crippen LogP) is 6.72. The molecule has 0 unspecified atom stereocenters. The summed E-state index contributed by atoms with van der Waals surface area (Å²) in [4.78, 5) is 2.27. The minimum atomic E-state index is 1.17. The van der Waals surface area contributed by atoms with Crippen molar-refractivity contribution >= 4 is 11.4 Å². The molecule has 0 aromatic heterocycles. The van der Waals surface area contributed by atoms with Crippen LogP contribution in [0.25, 0.3) is 0 Å². The number of rotatable bonds is 4. The molecule has 2 aromatic rings. The molecule has 0 bridgehead atoms. The van der Waals surface area contributed by atoms with Gasteiger partial charge >= 0.3 is 0 Å². The van der Waals surface area contributed by atoms with Crippen molar-refractivity contribution in [3.8, 4) is 0 Å². The summed E-state index contributed by atoms with van der Waals surface area (Å²) in [6.07, 6.45) is 4.35. The van der Waals surface area contributed by atoms with Crippen molar-refractivity contribution in [2.45, 2.75) is 34.6 Å². The van der Waals surface area contributed by atoms with Gasteiger partial charge in [-0.25, -0.2) is 0 Å². The molecule has 0 saturated heterocycles. The summed E-state index contributed by atoms with van der Waals surface area (Å²) in [6, 6.07) is 20.9. The third-order valence-electron chi connectivity index (χ3n) is 3.02. The Labute approximate surface area is 135 Å². The number of para-hydroxylation sites is 2. The summed E-state index contributed by atoms with van der Waals surface area (Å²) in [5, 5.41) is 0. The fraction of sp³-hybridized carbons (Fsp3) is 0.238. The molecular weight excluding hydrogens is 266 g/mol. The third-order valence-corrected chi connectivity index (χ3v) is 3.02. The molecule has 0 fully saturated rings. The molecule has 1 nitrogen and oxygen atoms in total. The highest BCUT2D eigenvalue weighted by Crippen LogP contribution is 2.30. The van der Waals surface area contributed by atoms with Crippen LogP contribution in [0.5, 0.6) is 0 Å². The van der Waals surface area contributed by atoms with Gasteiger partial charge in [0.05, 0.1) is 0 Å². The predicted molar refractivity (Wildman–Crippen MR) is 99.6 cm³/mol. The molecule has 0 aliphatic rings. The zero-order chi connectivity index (χ0) is 16.4. The van der Waals surface area contributed by atoms with E-state index in [1.54, 1.807) is 0 Å². The van der Waals surface area contributed by atoms with Crippen molar-refractivity contribution in [1.82, 2.24) is 0 Å². The number of anilines is 2. The van der Waals surface area contributed by atoms with E-state index >= 15 is 0 Å². The van der Waals surface area contributed by atoms with E-state index < -0.39 is 0 Å². The lowest BCUT2D eigenvalue weighted by Gasteiger charge is -2.26. The molecular formula is C21H27N. The van der Waals surface area contributed by atoms with Crippen LogP contribution in [-0.4, -0.2) is 0 Å². The Morgan fingerprint density at radius 3 is 1.50 bits per heavy atom. The van der Waals surface area contributed by atoms with Crippen molar-refractivity contribution in [3.63, 3.8) is 0 Å². The Bertz CT molecular complexity index is 551. The molecule has 2 rings (SSSR count). The van der Waals surface area contributed by atoms with Crippen molar-refractivity contribution in [1.29, 1.82) is 0 Å². The number of hydrogen-bond donors (Lipinski definition) is 0. The molecule has 0 saturated carbocycles. The maximum Gasteiger partial charge on any atom is 0.0461 e. The average molecular weight is 293 g/mol. The van der Waals surface area contributed by atoms with Gasteiger partial charge in [-0.05, 0) is 51.1 Å². The molecule has 0 N–H and O–H groups in total. The first-order valence-corrected chi connectivity index (χ1v) is 7.94. The number of allylic oxidation sites excluding steroid dienone is 3. The van der Waals surface area contributed by atoms with Crippen LogP contribution in [0.4, 0.5) is 11.4 Å². The fourth-order valence-electron chi connectivity index (χ4n) is 2.17. The highest BCUT2D eigenvalue weighted by atomic mass is 15.1. The van der Waals surface area contributed by atoms with E-state index in [1.807, 2.05) is 26.0 Å². The maximum atomic E-state index is 2.27. The molecule has 0 spiro atoms. The quantitative estimate of drug-likeness (QED) is 0.565. The lowest BCUT2D eigenvalue weighted by atomic mass is 10.1. The minimum absolute atomic E-state index is 1.17. The third kappa shape index (κ3) is 4.92. The highest BCUT2D eigenvalue weighted by molar-refractivity contribution is 5.69. The van der Waals surface area contributed by atoms with Gasteiger partial charge in [-0.2, -0.15) is 0 Å². The van der Waals surface area contributed by atoms with Gasteiger partial charge in [0.1, 0.15) is 0 Å². The maximum absolute atomic E-state index is 2.27. The van der Waals surface area contributed by atoms with Gasteiger partial charge in [0.15, 0.2) is 0 Å². The van der Waals surface area contributed by atoms with Crippen molar-refractivity contribution < 1.29 is 0 Å². The van der Waals surface area contributed by atoms with Crippen LogP contribution in [0, 0.1) is 0 Å². The first kappa shape index (κ1) is 17.8. The zero-order valence-electron chi connectivity index (χ0n) is 14.4. The van der Waals surface area contributed by atoms with E-state index in [0.29, 0.717) is 0 Å². The van der Waals surface area contributed by atoms with E-state index in [0.717, 1.165) is 0 Å². The molecule has 0 amide bonds. The van der Waals surface area contributed by atoms with Gasteiger partial charge in [0.25, 0.3) is 0 Å². The molecule has 116 valence electrons. The topological polar surface area (TPSA) is 3.24 Å². The van der Waals surface area contributed by atoms with Gasteiger partial charge in [0, 0.05) is 17.1 Å². The molecule has 2 aromatic carbocycles. The van der Waals surface area contributed by atoms with E-state index in [2.05, 4.69) is 86.4 Å². The molecule has 0 aliphatic heterocycles. The van der Waals surface area contributed by atoms with Crippen LogP contribution in [0.2, 0.25) is 0 Å². The van der Waals surface area contributed by atoms with Crippen LogP contribution < -0.4 is 4.90 Å². The SMILES string of the molecule is C/C=C(\C=C(C)C)N(c1ccccc1)c1ccccc1.CC. The zero-order valence-corrected chi connectivity index (χ0v) is 14.4. The second kappa shape index (κ2) is 9.62. The van der Waals surface area contributed by atoms with E-state index in [-0.39, 0.29) is 0 Å². The van der Waals surface area contributed by atoms with Crippen molar-refractivity contribution in [3.05, 3.63) is 84.1 Å². The number of hydrogen-bond acceptors (Lipinski definition) is 1. The molecule has 0 heterocycles. The van der Waals surface area contributed by atoms with Crippen LogP contribution in [0.1, 0.15) is 34.6 Å². The summed E-state index contributed by atoms with van der Waals surface area (Å²) in [6.45, 7) is 10.3. The van der Waals surface area contributed by atoms with Gasteiger partial charge in [0.2, 0.25) is 0 Å². The van der Waals surface area contributed by atoms with Crippen molar-refractivity contribution in [2.24, 2.45) is 0 Å². The smallest absolute Gasteiger partial charge is 0.0461 e. The Morgan fingerprint density at radius 2 is 1.18 bits per heavy atom. The normalized spacial score (nSPS) is 10.3. The monoisotopic (exact) mass is 293 g/mol. The Hall–Kier alpha value is -2.28. The molecule has 0 aliphatic carbocycles. The summed E-state index contributed by atoms with van der Waals surface area (Å²) >= 11 is 0. The minimum Gasteiger partial charge on any atom is -0.311 e. The highest BCUT2D eigenvalue weighted by Gasteiger charge is 2.11. The summed E-state index contributed by atoms with van der Waals surface area (Å²) in [5.41, 5.74) is 4.81. The van der Waals surface area contributed by atoms with Gasteiger partial charge in [-0.3, -0.25) is 0 Å². The number of benzene rings is 2. The van der Waals surface area contributed by atoms with Gasteiger partial charge in [-0.1, -0.05) is 61.9 Å². The fourth-order valence-corrected chi connectivity index (χ4v) is 2.17. The number of nitrogens with zero attached hydrogens (tertiary/aromatic N) is 1. The Kier molecular flexibility index (Phi) is 7.77. The van der Waals surface area contributed by atoms with E-state index in [1.165, 1.54) is 22.6 Å². The van der Waals surface area contributed by atoms with E-state index in [4.69, 9.17) is 0 Å². The van der Waals surface area contributed by atoms with Gasteiger partial charge in [-0.15, -0.1) is 0 Å². The standard InChI is InChI=1S/C19H21N.C2H6/c1-4-17(15-16(2)3)20(18-11-7-5-8-12-18)19-13-9-6-10-14-19;1-2/h4-15H,1-3H3;1-2H3/b17-4+;. The molecule has 22 heavy (non-hydrogen) atoms. The molecule has 0 radical (unpaired) electrons. The van der Waals surface area contributed by atoms with Crippen LogP contribution in [0.3, 0.4) is 0 Å². The van der Waals surface area contributed by atoms with E-state index in [9.17, 15) is 0 Å². The summed E-state index contributed by atoms with van der Waals surface area (Å²) in [7, 11) is 0. The molecule has 1 heteroatoms. The second-order valence-electron chi connectivity index (χ2n) is 4.94. The lowest BCUT2D eigenvalue weighted by molar-refractivity contribution is 1.18. The summed E-state index contributed by atoms with van der Waals surface area (Å²) in [5.74, 6) is 0. The Morgan fingerprint density at radius 1 is 0.773 bits per heavy atom. The Balaban J connectivity index is 0.00000116. The van der Waals surface area contributed by atoms with Crippen LogP contribution in [0.15, 0.2) is 84.1 Å². The largest absolute Gasteiger partial charge is 0.311 e. The van der Waals surface area contributed by atoms with Crippen LogP contribution in [-0.2, 0) is 0 Å². The van der Waals surface area contributed by atoms with Crippen molar-refractivity contribution in [2.75, 3.05) is 4.90 Å². The molecule has 0 atom stereocenters. The first-order chi connectivity index (χ1) is 10.7. The van der Waals surface area contributed by atoms with Gasteiger partial charge < -0.3 is 4.90 Å². The average Bonchev–Trinajstić information content (AvgIpc) is 2.57. The lowest BCUT2D eigenvalue weighted by Crippen LogP contribution is -2.15. The first-order valence-electron chi connectivity index (χ1n) is 7.94. The second-order valence-corrected chi connectivity index (χ2v) is 4.94. The van der Waals surface area contributed by atoms with Crippen LogP contribution >= 0.6 is 0 Å².